The summed E-state index contributed by atoms with van der Waals surface area (Å²) in [5, 5.41) is 15.5. The van der Waals surface area contributed by atoms with Gasteiger partial charge in [-0.05, 0) is 24.6 Å². The van der Waals surface area contributed by atoms with Crippen molar-refractivity contribution in [2.24, 2.45) is 5.10 Å². The fourth-order valence-electron chi connectivity index (χ4n) is 2.75. The third kappa shape index (κ3) is 4.64. The molecule has 2 aromatic heterocycles. The van der Waals surface area contributed by atoms with Gasteiger partial charge in [0.2, 0.25) is 17.0 Å². The normalized spacial score (nSPS) is 11.2. The Bertz CT molecular complexity index is 1160. The van der Waals surface area contributed by atoms with Crippen LogP contribution in [-0.4, -0.2) is 38.0 Å². The Morgan fingerprint density at radius 1 is 1.21 bits per heavy atom. The van der Waals surface area contributed by atoms with Gasteiger partial charge in [0.15, 0.2) is 0 Å². The number of hydrazone groups is 1. The summed E-state index contributed by atoms with van der Waals surface area (Å²) in [5.41, 5.74) is 6.66. The zero-order valence-electron chi connectivity index (χ0n) is 15.6. The number of rotatable bonds is 7. The predicted octanol–water partition coefficient (Wildman–Crippen LogP) is 3.77. The number of aromatic nitrogens is 4. The molecular formula is C20H19N7OS. The monoisotopic (exact) mass is 405 g/mol. The first-order valence-corrected chi connectivity index (χ1v) is 9.93. The molecular weight excluding hydrogens is 386 g/mol. The van der Waals surface area contributed by atoms with Crippen molar-refractivity contribution in [2.75, 3.05) is 16.5 Å². The zero-order chi connectivity index (χ0) is 20.1. The van der Waals surface area contributed by atoms with E-state index in [4.69, 9.17) is 0 Å². The average Bonchev–Trinajstić information content (AvgIpc) is 3.36. The average molecular weight is 405 g/mol. The molecule has 4 aromatic rings. The molecule has 0 aliphatic carbocycles. The molecule has 2 aromatic carbocycles. The van der Waals surface area contributed by atoms with Crippen LogP contribution in [0.4, 0.5) is 11.6 Å². The van der Waals surface area contributed by atoms with Gasteiger partial charge in [-0.1, -0.05) is 48.2 Å². The first-order valence-electron chi connectivity index (χ1n) is 8.95. The van der Waals surface area contributed by atoms with E-state index in [1.165, 1.54) is 11.8 Å². The summed E-state index contributed by atoms with van der Waals surface area (Å²) in [5.74, 6) is 0.508. The van der Waals surface area contributed by atoms with Gasteiger partial charge in [0, 0.05) is 28.4 Å². The van der Waals surface area contributed by atoms with Crippen LogP contribution in [-0.2, 0) is 4.79 Å². The highest BCUT2D eigenvalue weighted by Crippen LogP contribution is 2.18. The van der Waals surface area contributed by atoms with E-state index in [1.54, 1.807) is 6.21 Å². The molecule has 0 atom stereocenters. The highest BCUT2D eigenvalue weighted by molar-refractivity contribution is 7.99. The van der Waals surface area contributed by atoms with Crippen molar-refractivity contribution in [2.45, 2.75) is 12.1 Å². The van der Waals surface area contributed by atoms with Gasteiger partial charge in [0.25, 0.3) is 0 Å². The number of nitrogens with one attached hydrogen (secondary N) is 4. The third-order valence-electron chi connectivity index (χ3n) is 4.21. The minimum absolute atomic E-state index is 0.110. The van der Waals surface area contributed by atoms with E-state index in [1.807, 2.05) is 61.7 Å². The summed E-state index contributed by atoms with van der Waals surface area (Å²) < 4.78 is 0. The van der Waals surface area contributed by atoms with Crippen molar-refractivity contribution in [1.29, 1.82) is 0 Å². The molecule has 4 N–H and O–H groups in total. The molecule has 8 nitrogen and oxygen atoms in total. The van der Waals surface area contributed by atoms with E-state index in [2.05, 4.69) is 36.0 Å². The Kier molecular flexibility index (Phi) is 5.57. The van der Waals surface area contributed by atoms with E-state index in [9.17, 15) is 4.79 Å². The number of carbonyl (C=O) groups excluding carboxylic acids is 1. The molecule has 0 fully saturated rings. The lowest BCUT2D eigenvalue weighted by molar-refractivity contribution is -0.113. The third-order valence-corrected chi connectivity index (χ3v) is 5.06. The van der Waals surface area contributed by atoms with Crippen LogP contribution in [0.25, 0.3) is 10.9 Å². The van der Waals surface area contributed by atoms with Crippen molar-refractivity contribution < 1.29 is 4.79 Å². The minimum Gasteiger partial charge on any atom is -0.361 e. The lowest BCUT2D eigenvalue weighted by Crippen LogP contribution is -2.14. The van der Waals surface area contributed by atoms with Crippen LogP contribution in [0.3, 0.4) is 0 Å². The summed E-state index contributed by atoms with van der Waals surface area (Å²) >= 11 is 1.25. The highest BCUT2D eigenvalue weighted by atomic mass is 32.2. The standard InChI is InChI=1S/C20H19N7OS/c1-13-6-2-4-8-16(13)23-18(28)12-29-20-24-19(26-27-20)25-22-11-14-10-21-17-9-5-3-7-15(14)17/h2-11,21H,12H2,1H3,(H,23,28)(H2,24,25,26,27)/b22-11+. The second-order valence-corrected chi connectivity index (χ2v) is 7.22. The number of aromatic amines is 2. The van der Waals surface area contributed by atoms with E-state index in [-0.39, 0.29) is 11.7 Å². The lowest BCUT2D eigenvalue weighted by Gasteiger charge is -2.06. The number of benzene rings is 2. The topological polar surface area (TPSA) is 111 Å². The van der Waals surface area contributed by atoms with E-state index >= 15 is 0 Å². The maximum absolute atomic E-state index is 12.1. The molecule has 0 radical (unpaired) electrons. The minimum atomic E-state index is -0.110. The Balaban J connectivity index is 1.29. The highest BCUT2D eigenvalue weighted by Gasteiger charge is 2.09. The molecule has 0 saturated carbocycles. The van der Waals surface area contributed by atoms with Crippen LogP contribution in [0, 0.1) is 6.92 Å². The number of carbonyl (C=O) groups is 1. The lowest BCUT2D eigenvalue weighted by atomic mass is 10.2. The van der Waals surface area contributed by atoms with Gasteiger partial charge in [-0.3, -0.25) is 4.79 Å². The first-order chi connectivity index (χ1) is 14.2. The van der Waals surface area contributed by atoms with Crippen molar-refractivity contribution in [1.82, 2.24) is 20.2 Å². The van der Waals surface area contributed by atoms with Crippen molar-refractivity contribution in [3.05, 3.63) is 65.9 Å². The van der Waals surface area contributed by atoms with Crippen molar-refractivity contribution in [3.63, 3.8) is 0 Å². The number of aryl methyl sites for hydroxylation is 1. The zero-order valence-corrected chi connectivity index (χ0v) is 16.5. The smallest absolute Gasteiger partial charge is 0.240 e. The number of hydrogen-bond donors (Lipinski definition) is 4. The maximum Gasteiger partial charge on any atom is 0.240 e. The molecule has 29 heavy (non-hydrogen) atoms. The Hall–Kier alpha value is -3.59. The summed E-state index contributed by atoms with van der Waals surface area (Å²) in [6, 6.07) is 15.6. The van der Waals surface area contributed by atoms with Gasteiger partial charge in [0.05, 0.1) is 12.0 Å². The molecule has 0 aliphatic rings. The van der Waals surface area contributed by atoms with Gasteiger partial charge < -0.3 is 10.3 Å². The predicted molar refractivity (Wildman–Crippen MR) is 116 cm³/mol. The molecule has 0 aliphatic heterocycles. The number of hydrogen-bond acceptors (Lipinski definition) is 6. The summed E-state index contributed by atoms with van der Waals surface area (Å²) in [6.07, 6.45) is 3.61. The van der Waals surface area contributed by atoms with Gasteiger partial charge in [-0.15, -0.1) is 5.10 Å². The molecule has 0 spiro atoms. The largest absolute Gasteiger partial charge is 0.361 e. The number of para-hydroxylation sites is 2. The second-order valence-electron chi connectivity index (χ2n) is 6.28. The number of anilines is 2. The second kappa shape index (κ2) is 8.61. The number of H-pyrrole nitrogens is 2. The molecule has 0 saturated heterocycles. The van der Waals surface area contributed by atoms with Crippen LogP contribution in [0.15, 0.2) is 65.0 Å². The number of nitrogens with zero attached hydrogens (tertiary/aromatic N) is 3. The van der Waals surface area contributed by atoms with Gasteiger partial charge in [-0.2, -0.15) is 10.1 Å². The fraction of sp³-hybridized carbons (Fsp3) is 0.100. The molecule has 9 heteroatoms. The Labute approximate surface area is 171 Å². The summed E-state index contributed by atoms with van der Waals surface area (Å²) in [4.78, 5) is 19.6. The maximum atomic E-state index is 12.1. The van der Waals surface area contributed by atoms with Crippen molar-refractivity contribution in [3.8, 4) is 0 Å². The first kappa shape index (κ1) is 18.8. The van der Waals surface area contributed by atoms with Gasteiger partial charge in [-0.25, -0.2) is 10.5 Å². The fourth-order valence-corrected chi connectivity index (χ4v) is 3.35. The molecule has 0 unspecified atom stereocenters. The molecule has 1 amide bonds. The quantitative estimate of drug-likeness (QED) is 0.212. The SMILES string of the molecule is Cc1ccccc1NC(=O)CSc1n[nH]c(N/N=C/c2c[nH]c3ccccc23)n1. The van der Waals surface area contributed by atoms with E-state index in [0.29, 0.717) is 11.1 Å². The van der Waals surface area contributed by atoms with Crippen LogP contribution in [0.5, 0.6) is 0 Å². The van der Waals surface area contributed by atoms with Gasteiger partial charge in [0.1, 0.15) is 0 Å². The van der Waals surface area contributed by atoms with Crippen LogP contribution < -0.4 is 10.7 Å². The van der Waals surface area contributed by atoms with Crippen molar-refractivity contribution >= 4 is 46.4 Å². The van der Waals surface area contributed by atoms with Crippen LogP contribution in [0.2, 0.25) is 0 Å². The summed E-state index contributed by atoms with van der Waals surface area (Å²) in [7, 11) is 0. The van der Waals surface area contributed by atoms with E-state index < -0.39 is 0 Å². The summed E-state index contributed by atoms with van der Waals surface area (Å²) in [6.45, 7) is 1.95. The molecule has 146 valence electrons. The van der Waals surface area contributed by atoms with Crippen LogP contribution in [0.1, 0.15) is 11.1 Å². The van der Waals surface area contributed by atoms with Crippen LogP contribution >= 0.6 is 11.8 Å². The number of amides is 1. The molecule has 0 bridgehead atoms. The molecule has 4 rings (SSSR count). The Morgan fingerprint density at radius 3 is 2.93 bits per heavy atom. The Morgan fingerprint density at radius 2 is 2.03 bits per heavy atom. The molecule has 2 heterocycles. The number of fused-ring (bicyclic) bond motifs is 1. The van der Waals surface area contributed by atoms with Gasteiger partial charge >= 0.3 is 0 Å². The van der Waals surface area contributed by atoms with E-state index in [0.717, 1.165) is 27.7 Å². The number of thioether (sulfide) groups is 1.